The molecule has 2 aromatic carbocycles. The van der Waals surface area contributed by atoms with Gasteiger partial charge < -0.3 is 0 Å². The number of hydrogen-bond acceptors (Lipinski definition) is 4. The maximum absolute atomic E-state index is 13.1. The molecule has 0 saturated carbocycles. The lowest BCUT2D eigenvalue weighted by Gasteiger charge is -2.11. The molecule has 0 aliphatic carbocycles. The summed E-state index contributed by atoms with van der Waals surface area (Å²) in [5.74, 6) is -0.278. The van der Waals surface area contributed by atoms with Gasteiger partial charge in [-0.05, 0) is 45.4 Å². The number of para-hydroxylation sites is 1. The van der Waals surface area contributed by atoms with Gasteiger partial charge in [-0.2, -0.15) is 10.2 Å². The summed E-state index contributed by atoms with van der Waals surface area (Å²) in [5.41, 5.74) is 10.8. The van der Waals surface area contributed by atoms with E-state index >= 15 is 0 Å². The van der Waals surface area contributed by atoms with E-state index in [1.807, 2.05) is 51.2 Å². The van der Waals surface area contributed by atoms with Gasteiger partial charge in [-0.3, -0.25) is 9.48 Å². The summed E-state index contributed by atoms with van der Waals surface area (Å²) in [6, 6.07) is 15.7. The average Bonchev–Trinajstić information content (AvgIpc) is 2.98. The Morgan fingerprint density at radius 1 is 1.06 bits per heavy atom. The molecule has 156 valence electrons. The first-order valence-corrected chi connectivity index (χ1v) is 10.2. The number of pyridine rings is 1. The van der Waals surface area contributed by atoms with Crippen LogP contribution < -0.4 is 5.43 Å². The summed E-state index contributed by atoms with van der Waals surface area (Å²) >= 11 is 0. The van der Waals surface area contributed by atoms with Crippen LogP contribution in [0.15, 0.2) is 53.6 Å². The molecule has 0 saturated heterocycles. The van der Waals surface area contributed by atoms with Crippen LogP contribution in [0.3, 0.4) is 0 Å². The molecule has 0 spiro atoms. The fourth-order valence-electron chi connectivity index (χ4n) is 3.79. The minimum absolute atomic E-state index is 0.278. The van der Waals surface area contributed by atoms with Crippen molar-refractivity contribution in [2.24, 2.45) is 12.1 Å². The minimum atomic E-state index is -0.278. The van der Waals surface area contributed by atoms with Gasteiger partial charge in [-0.1, -0.05) is 42.0 Å². The van der Waals surface area contributed by atoms with E-state index in [9.17, 15) is 4.79 Å². The van der Waals surface area contributed by atoms with Gasteiger partial charge >= 0.3 is 0 Å². The van der Waals surface area contributed by atoms with Crippen LogP contribution >= 0.6 is 0 Å². The van der Waals surface area contributed by atoms with E-state index in [1.54, 1.807) is 10.9 Å². The second-order valence-electron chi connectivity index (χ2n) is 7.80. The number of hydrogen-bond donors (Lipinski definition) is 1. The predicted molar refractivity (Wildman–Crippen MR) is 124 cm³/mol. The van der Waals surface area contributed by atoms with E-state index in [2.05, 4.69) is 47.7 Å². The Morgan fingerprint density at radius 3 is 2.55 bits per heavy atom. The van der Waals surface area contributed by atoms with E-state index in [4.69, 9.17) is 4.98 Å². The van der Waals surface area contributed by atoms with E-state index < -0.39 is 0 Å². The van der Waals surface area contributed by atoms with Crippen LogP contribution in [0.1, 0.15) is 38.4 Å². The molecule has 0 bridgehead atoms. The van der Waals surface area contributed by atoms with Crippen molar-refractivity contribution in [1.29, 1.82) is 0 Å². The third kappa shape index (κ3) is 3.97. The van der Waals surface area contributed by atoms with Crippen molar-refractivity contribution in [3.05, 3.63) is 82.2 Å². The molecule has 1 amide bonds. The molecule has 0 atom stereocenters. The highest BCUT2D eigenvalue weighted by Gasteiger charge is 2.15. The zero-order valence-electron chi connectivity index (χ0n) is 18.4. The standard InChI is InChI=1S/C25H25N5O/c1-15-10-11-19(16(2)12-15)24-13-21(20-8-6-7-9-23(20)27-24)25(31)28-26-14-22-17(3)29-30(5)18(22)4/h6-14H,1-5H3,(H,28,31)/b26-14+. The molecule has 0 radical (unpaired) electrons. The Hall–Kier alpha value is -3.80. The zero-order chi connectivity index (χ0) is 22.1. The number of aryl methyl sites for hydroxylation is 4. The first-order chi connectivity index (χ1) is 14.8. The third-order valence-electron chi connectivity index (χ3n) is 5.54. The van der Waals surface area contributed by atoms with Gasteiger partial charge in [0.05, 0.1) is 28.7 Å². The summed E-state index contributed by atoms with van der Waals surface area (Å²) in [6.07, 6.45) is 1.64. The van der Waals surface area contributed by atoms with E-state index in [1.165, 1.54) is 5.56 Å². The Morgan fingerprint density at radius 2 is 1.84 bits per heavy atom. The minimum Gasteiger partial charge on any atom is -0.272 e. The number of benzene rings is 2. The summed E-state index contributed by atoms with van der Waals surface area (Å²) in [5, 5.41) is 9.35. The molecule has 0 aliphatic heterocycles. The number of fused-ring (bicyclic) bond motifs is 1. The van der Waals surface area contributed by atoms with Gasteiger partial charge in [0.15, 0.2) is 0 Å². The molecule has 4 aromatic rings. The lowest BCUT2D eigenvalue weighted by Crippen LogP contribution is -2.18. The van der Waals surface area contributed by atoms with Crippen molar-refractivity contribution < 1.29 is 4.79 Å². The topological polar surface area (TPSA) is 72.2 Å². The number of nitrogens with one attached hydrogen (secondary N) is 1. The van der Waals surface area contributed by atoms with Crippen molar-refractivity contribution in [1.82, 2.24) is 20.2 Å². The number of amides is 1. The Bertz CT molecular complexity index is 1330. The highest BCUT2D eigenvalue weighted by Crippen LogP contribution is 2.27. The molecule has 0 unspecified atom stereocenters. The summed E-state index contributed by atoms with van der Waals surface area (Å²) < 4.78 is 1.80. The van der Waals surface area contributed by atoms with Gasteiger partial charge in [0.25, 0.3) is 5.91 Å². The lowest BCUT2D eigenvalue weighted by molar-refractivity contribution is 0.0956. The molecule has 0 fully saturated rings. The fraction of sp³-hybridized carbons (Fsp3) is 0.200. The van der Waals surface area contributed by atoms with Crippen LogP contribution in [-0.4, -0.2) is 26.9 Å². The number of hydrazone groups is 1. The van der Waals surface area contributed by atoms with Gasteiger partial charge in [0.1, 0.15) is 0 Å². The molecule has 6 nitrogen and oxygen atoms in total. The van der Waals surface area contributed by atoms with Gasteiger partial charge in [-0.25, -0.2) is 10.4 Å². The second kappa shape index (κ2) is 8.14. The number of aromatic nitrogens is 3. The quantitative estimate of drug-likeness (QED) is 0.393. The normalized spacial score (nSPS) is 11.4. The summed E-state index contributed by atoms with van der Waals surface area (Å²) in [7, 11) is 1.88. The number of carbonyl (C=O) groups excluding carboxylic acids is 1. The van der Waals surface area contributed by atoms with Crippen molar-refractivity contribution >= 4 is 23.0 Å². The van der Waals surface area contributed by atoms with Crippen molar-refractivity contribution in [3.8, 4) is 11.3 Å². The average molecular weight is 412 g/mol. The van der Waals surface area contributed by atoms with Gasteiger partial charge in [-0.15, -0.1) is 0 Å². The first-order valence-electron chi connectivity index (χ1n) is 10.2. The van der Waals surface area contributed by atoms with Gasteiger partial charge in [0.2, 0.25) is 0 Å². The largest absolute Gasteiger partial charge is 0.272 e. The first kappa shape index (κ1) is 20.5. The second-order valence-corrected chi connectivity index (χ2v) is 7.80. The van der Waals surface area contributed by atoms with Crippen LogP contribution in [-0.2, 0) is 7.05 Å². The lowest BCUT2D eigenvalue weighted by atomic mass is 9.99. The highest BCUT2D eigenvalue weighted by molar-refractivity contribution is 6.07. The van der Waals surface area contributed by atoms with Crippen molar-refractivity contribution in [2.75, 3.05) is 0 Å². The molecule has 31 heavy (non-hydrogen) atoms. The molecule has 2 aromatic heterocycles. The van der Waals surface area contributed by atoms with Gasteiger partial charge in [0, 0.05) is 29.3 Å². The smallest absolute Gasteiger partial charge is 0.272 e. The summed E-state index contributed by atoms with van der Waals surface area (Å²) in [4.78, 5) is 17.9. The van der Waals surface area contributed by atoms with E-state index in [0.717, 1.165) is 44.7 Å². The van der Waals surface area contributed by atoms with Crippen molar-refractivity contribution in [2.45, 2.75) is 27.7 Å². The van der Waals surface area contributed by atoms with Crippen molar-refractivity contribution in [3.63, 3.8) is 0 Å². The Kier molecular flexibility index (Phi) is 5.38. The van der Waals surface area contributed by atoms with Crippen LogP contribution in [0.25, 0.3) is 22.2 Å². The number of carbonyl (C=O) groups is 1. The van der Waals surface area contributed by atoms with Crippen LogP contribution in [0.2, 0.25) is 0 Å². The Labute approximate surface area is 181 Å². The molecule has 2 heterocycles. The molecule has 0 aliphatic rings. The van der Waals surface area contributed by atoms with E-state index in [0.29, 0.717) is 5.56 Å². The SMILES string of the molecule is Cc1ccc(-c2cc(C(=O)N/N=C/c3c(C)nn(C)c3C)c3ccccc3n2)c(C)c1. The summed E-state index contributed by atoms with van der Waals surface area (Å²) in [6.45, 7) is 8.01. The highest BCUT2D eigenvalue weighted by atomic mass is 16.2. The third-order valence-corrected chi connectivity index (χ3v) is 5.54. The number of rotatable bonds is 4. The maximum atomic E-state index is 13.1. The molecule has 1 N–H and O–H groups in total. The van der Waals surface area contributed by atoms with E-state index in [-0.39, 0.29) is 5.91 Å². The Balaban J connectivity index is 1.72. The molecular formula is C25H25N5O. The van der Waals surface area contributed by atoms with Crippen LogP contribution in [0.4, 0.5) is 0 Å². The zero-order valence-corrected chi connectivity index (χ0v) is 18.4. The predicted octanol–water partition coefficient (Wildman–Crippen LogP) is 4.63. The molecular weight excluding hydrogens is 386 g/mol. The fourth-order valence-corrected chi connectivity index (χ4v) is 3.79. The molecule has 4 rings (SSSR count). The number of nitrogens with zero attached hydrogens (tertiary/aromatic N) is 4. The monoisotopic (exact) mass is 411 g/mol. The van der Waals surface area contributed by atoms with Crippen LogP contribution in [0.5, 0.6) is 0 Å². The maximum Gasteiger partial charge on any atom is 0.272 e. The van der Waals surface area contributed by atoms with Crippen LogP contribution in [0, 0.1) is 27.7 Å². The molecule has 6 heteroatoms.